The fourth-order valence-corrected chi connectivity index (χ4v) is 4.90. The highest BCUT2D eigenvalue weighted by molar-refractivity contribution is 7.58. The van der Waals surface area contributed by atoms with E-state index in [2.05, 4.69) is 19.9 Å². The molecule has 1 fully saturated rings. The smallest absolute Gasteiger partial charge is 0.310 e. The zero-order chi connectivity index (χ0) is 16.9. The number of carbonyl (C=O) groups is 1. The molecule has 1 rings (SSSR count). The van der Waals surface area contributed by atoms with Gasteiger partial charge in [0.25, 0.3) is 0 Å². The summed E-state index contributed by atoms with van der Waals surface area (Å²) >= 11 is 5.63. The first-order valence-electron chi connectivity index (χ1n) is 7.36. The number of rotatable bonds is 7. The number of alkyl halides is 1. The van der Waals surface area contributed by atoms with Crippen molar-refractivity contribution in [2.75, 3.05) is 26.6 Å². The third kappa shape index (κ3) is 4.37. The molecule has 0 aromatic carbocycles. The maximum atomic E-state index is 13.1. The lowest BCUT2D eigenvalue weighted by atomic mass is 10.1. The van der Waals surface area contributed by atoms with Gasteiger partial charge in [-0.3, -0.25) is 9.24 Å². The molecule has 126 valence electrons. The summed E-state index contributed by atoms with van der Waals surface area (Å²) in [6, 6.07) is -0.295. The SMILES string of the molecule is CC(C)=CCCC(C)=CC1N(C)C(=O)N(C)P1(=O)OCCCl. The van der Waals surface area contributed by atoms with E-state index in [1.54, 1.807) is 7.05 Å². The van der Waals surface area contributed by atoms with Gasteiger partial charge >= 0.3 is 13.6 Å². The number of likely N-dealkylation sites (N-methyl/N-ethyl adjacent to an activating group) is 1. The van der Waals surface area contributed by atoms with E-state index in [1.165, 1.54) is 22.2 Å². The van der Waals surface area contributed by atoms with Crippen molar-refractivity contribution in [2.24, 2.45) is 0 Å². The highest BCUT2D eigenvalue weighted by Gasteiger charge is 2.51. The van der Waals surface area contributed by atoms with Crippen LogP contribution in [0, 0.1) is 0 Å². The Hall–Kier alpha value is -0.770. The molecule has 0 aromatic heterocycles. The third-order valence-corrected chi connectivity index (χ3v) is 6.48. The molecule has 5 nitrogen and oxygen atoms in total. The second-order valence-corrected chi connectivity index (χ2v) is 8.64. The van der Waals surface area contributed by atoms with Gasteiger partial charge in [-0.15, -0.1) is 11.6 Å². The van der Waals surface area contributed by atoms with Crippen molar-refractivity contribution in [1.82, 2.24) is 9.57 Å². The minimum absolute atomic E-state index is 0.158. The second kappa shape index (κ2) is 8.19. The lowest BCUT2D eigenvalue weighted by Crippen LogP contribution is -2.29. The summed E-state index contributed by atoms with van der Waals surface area (Å²) in [5.41, 5.74) is 2.36. The van der Waals surface area contributed by atoms with Crippen molar-refractivity contribution in [2.45, 2.75) is 39.4 Å². The first kappa shape index (κ1) is 19.3. The minimum Gasteiger partial charge on any atom is -0.310 e. The lowest BCUT2D eigenvalue weighted by Gasteiger charge is -2.23. The molecule has 0 bridgehead atoms. The number of nitrogens with zero attached hydrogens (tertiary/aromatic N) is 2. The largest absolute Gasteiger partial charge is 0.327 e. The predicted molar refractivity (Wildman–Crippen MR) is 91.4 cm³/mol. The number of halogens is 1. The Kier molecular flexibility index (Phi) is 7.17. The molecular formula is C15H26ClN2O3P. The van der Waals surface area contributed by atoms with E-state index in [0.29, 0.717) is 0 Å². The Labute approximate surface area is 138 Å². The number of hydrogen-bond donors (Lipinski definition) is 0. The Balaban J connectivity index is 2.94. The topological polar surface area (TPSA) is 49.9 Å². The minimum atomic E-state index is -3.27. The van der Waals surface area contributed by atoms with Crippen LogP contribution in [0.1, 0.15) is 33.6 Å². The number of allylic oxidation sites excluding steroid dienone is 3. The van der Waals surface area contributed by atoms with E-state index in [0.717, 1.165) is 18.4 Å². The third-order valence-electron chi connectivity index (χ3n) is 3.61. The normalized spacial score (nSPS) is 25.8. The molecule has 0 aromatic rings. The molecule has 0 saturated carbocycles. The van der Waals surface area contributed by atoms with Gasteiger partial charge in [-0.25, -0.2) is 4.79 Å². The quantitative estimate of drug-likeness (QED) is 0.388. The molecule has 0 spiro atoms. The molecule has 0 aliphatic carbocycles. The first-order valence-corrected chi connectivity index (χ1v) is 9.54. The van der Waals surface area contributed by atoms with Crippen molar-refractivity contribution in [1.29, 1.82) is 0 Å². The highest BCUT2D eigenvalue weighted by atomic mass is 35.5. The Morgan fingerprint density at radius 1 is 1.36 bits per heavy atom. The summed E-state index contributed by atoms with van der Waals surface area (Å²) in [5, 5.41) is 0. The number of hydrogen-bond acceptors (Lipinski definition) is 3. The molecule has 1 saturated heterocycles. The summed E-state index contributed by atoms with van der Waals surface area (Å²) in [6.07, 6.45) is 5.84. The van der Waals surface area contributed by atoms with Crippen LogP contribution in [-0.2, 0) is 9.09 Å². The van der Waals surface area contributed by atoms with Crippen LogP contribution in [0.3, 0.4) is 0 Å². The number of amides is 2. The summed E-state index contributed by atoms with van der Waals surface area (Å²) in [5.74, 6) is -0.314. The van der Waals surface area contributed by atoms with Crippen molar-refractivity contribution < 1.29 is 13.9 Å². The van der Waals surface area contributed by atoms with Crippen LogP contribution in [0.2, 0.25) is 0 Å². The van der Waals surface area contributed by atoms with Crippen molar-refractivity contribution in [3.63, 3.8) is 0 Å². The van der Waals surface area contributed by atoms with E-state index in [4.69, 9.17) is 16.1 Å². The van der Waals surface area contributed by atoms with Crippen molar-refractivity contribution in [3.05, 3.63) is 23.3 Å². The number of urea groups is 1. The average Bonchev–Trinajstić information content (AvgIpc) is 2.61. The molecule has 2 amide bonds. The zero-order valence-electron chi connectivity index (χ0n) is 14.0. The van der Waals surface area contributed by atoms with E-state index >= 15 is 0 Å². The second-order valence-electron chi connectivity index (χ2n) is 5.75. The summed E-state index contributed by atoms with van der Waals surface area (Å²) in [6.45, 7) is 6.27. The Bertz CT molecular complexity index is 515. The molecule has 2 atom stereocenters. The maximum Gasteiger partial charge on any atom is 0.327 e. The van der Waals surface area contributed by atoms with Gasteiger partial charge in [-0.05, 0) is 33.6 Å². The molecule has 1 aliphatic heterocycles. The monoisotopic (exact) mass is 348 g/mol. The van der Waals surface area contributed by atoms with Crippen LogP contribution in [0.15, 0.2) is 23.3 Å². The molecule has 1 aliphatic rings. The van der Waals surface area contributed by atoms with Gasteiger partial charge in [0, 0.05) is 20.0 Å². The summed E-state index contributed by atoms with van der Waals surface area (Å²) < 4.78 is 19.8. The Morgan fingerprint density at radius 3 is 2.55 bits per heavy atom. The van der Waals surface area contributed by atoms with Gasteiger partial charge in [0.2, 0.25) is 0 Å². The van der Waals surface area contributed by atoms with E-state index in [-0.39, 0.29) is 18.5 Å². The van der Waals surface area contributed by atoms with Crippen LogP contribution in [-0.4, -0.2) is 48.0 Å². The summed E-state index contributed by atoms with van der Waals surface area (Å²) in [7, 11) is -0.112. The predicted octanol–water partition coefficient (Wildman–Crippen LogP) is 4.45. The first-order chi connectivity index (χ1) is 10.2. The Morgan fingerprint density at radius 2 is 2.00 bits per heavy atom. The van der Waals surface area contributed by atoms with Crippen LogP contribution >= 0.6 is 19.1 Å². The average molecular weight is 349 g/mol. The standard InChI is InChI=1S/C15H26ClN2O3P/c1-12(2)7-6-8-13(3)11-14-17(4)15(19)18(5)22(14,20)21-10-9-16/h7,11,14H,6,8-10H2,1-5H3. The van der Waals surface area contributed by atoms with Gasteiger partial charge in [-0.2, -0.15) is 0 Å². The van der Waals surface area contributed by atoms with Crippen molar-refractivity contribution >= 4 is 25.2 Å². The number of carbonyl (C=O) groups excluding carboxylic acids is 1. The van der Waals surface area contributed by atoms with E-state index < -0.39 is 13.3 Å². The van der Waals surface area contributed by atoms with E-state index in [9.17, 15) is 9.36 Å². The van der Waals surface area contributed by atoms with Gasteiger partial charge < -0.3 is 9.42 Å². The molecular weight excluding hydrogens is 323 g/mol. The van der Waals surface area contributed by atoms with E-state index in [1.807, 2.05) is 13.0 Å². The zero-order valence-corrected chi connectivity index (χ0v) is 15.7. The maximum absolute atomic E-state index is 13.1. The van der Waals surface area contributed by atoms with Crippen LogP contribution < -0.4 is 0 Å². The highest BCUT2D eigenvalue weighted by Crippen LogP contribution is 2.60. The van der Waals surface area contributed by atoms with Crippen LogP contribution in [0.5, 0.6) is 0 Å². The van der Waals surface area contributed by atoms with Gasteiger partial charge in [0.1, 0.15) is 5.78 Å². The molecule has 7 heteroatoms. The molecule has 2 unspecified atom stereocenters. The summed E-state index contributed by atoms with van der Waals surface area (Å²) in [4.78, 5) is 13.6. The molecule has 0 radical (unpaired) electrons. The van der Waals surface area contributed by atoms with Gasteiger partial charge in [0.15, 0.2) is 0 Å². The fraction of sp³-hybridized carbons (Fsp3) is 0.667. The van der Waals surface area contributed by atoms with Crippen LogP contribution in [0.25, 0.3) is 0 Å². The molecule has 22 heavy (non-hydrogen) atoms. The molecule has 1 heterocycles. The molecule has 0 N–H and O–H groups in total. The van der Waals surface area contributed by atoms with Crippen LogP contribution in [0.4, 0.5) is 4.79 Å². The van der Waals surface area contributed by atoms with Crippen molar-refractivity contribution in [3.8, 4) is 0 Å². The fourth-order valence-electron chi connectivity index (χ4n) is 2.32. The lowest BCUT2D eigenvalue weighted by molar-refractivity contribution is 0.205. The van der Waals surface area contributed by atoms with Gasteiger partial charge in [-0.1, -0.05) is 23.3 Å². The van der Waals surface area contributed by atoms with Gasteiger partial charge in [0.05, 0.1) is 6.61 Å².